The van der Waals surface area contributed by atoms with Crippen molar-refractivity contribution in [2.45, 2.75) is 25.6 Å². The maximum Gasteiger partial charge on any atom is 0.386 e. The highest BCUT2D eigenvalue weighted by atomic mass is 19.4. The van der Waals surface area contributed by atoms with Crippen molar-refractivity contribution in [3.8, 4) is 0 Å². The van der Waals surface area contributed by atoms with Crippen LogP contribution in [0, 0.1) is 0 Å². The summed E-state index contributed by atoms with van der Waals surface area (Å²) in [6.45, 7) is 0.188. The highest BCUT2D eigenvalue weighted by Crippen LogP contribution is 2.10. The number of aliphatic hydroxyl groups is 1. The normalized spacial score (nSPS) is 21.6. The summed E-state index contributed by atoms with van der Waals surface area (Å²) in [5.74, 6) is 0. The van der Waals surface area contributed by atoms with Crippen molar-refractivity contribution in [3.05, 3.63) is 24.3 Å². The average Bonchev–Trinajstić information content (AvgIpc) is 1.85. The summed E-state index contributed by atoms with van der Waals surface area (Å²) < 4.78 is 31.1. The molecule has 0 saturated carbocycles. The van der Waals surface area contributed by atoms with Gasteiger partial charge in [-0.3, -0.25) is 0 Å². The minimum absolute atomic E-state index is 0.188. The van der Waals surface area contributed by atoms with Crippen LogP contribution in [-0.4, -0.2) is 17.4 Å². The van der Waals surface area contributed by atoms with Crippen molar-refractivity contribution >= 4 is 0 Å². The van der Waals surface area contributed by atoms with Crippen LogP contribution in [0.15, 0.2) is 24.3 Å². The molecule has 0 aromatic rings. The number of allylic oxidation sites excluding steroid dienone is 2. The molecule has 1 aliphatic rings. The molecule has 0 radical (unpaired) electrons. The van der Waals surface area contributed by atoms with E-state index in [-0.39, 0.29) is 13.0 Å². The SMILES string of the molecule is CC(F)(F)F.OC1C=CC=CC1. The predicted octanol–water partition coefficient (Wildman–Crippen LogP) is 2.43. The quantitative estimate of drug-likeness (QED) is 0.607. The standard InChI is InChI=1S/C6H8O.C2H3F3/c7-6-4-2-1-3-5-6;1-2(3,4)5/h1-4,6-7H,5H2;1H3. The van der Waals surface area contributed by atoms with E-state index in [4.69, 9.17) is 5.11 Å². The van der Waals surface area contributed by atoms with Gasteiger partial charge in [-0.1, -0.05) is 24.3 Å². The molecule has 0 saturated heterocycles. The number of hydrogen-bond donors (Lipinski definition) is 1. The van der Waals surface area contributed by atoms with Crippen LogP contribution in [0.1, 0.15) is 13.3 Å². The Morgan fingerprint density at radius 1 is 1.33 bits per heavy atom. The molecular weight excluding hydrogens is 169 g/mol. The van der Waals surface area contributed by atoms with Crippen LogP contribution in [0.25, 0.3) is 0 Å². The summed E-state index contributed by atoms with van der Waals surface area (Å²) in [5, 5.41) is 8.77. The summed E-state index contributed by atoms with van der Waals surface area (Å²) >= 11 is 0. The first-order chi connectivity index (χ1) is 5.39. The molecule has 1 unspecified atom stereocenters. The Morgan fingerprint density at radius 3 is 2.00 bits per heavy atom. The molecule has 70 valence electrons. The first-order valence-electron chi connectivity index (χ1n) is 3.47. The number of halogens is 3. The smallest absolute Gasteiger partial charge is 0.386 e. The molecule has 0 fully saturated rings. The maximum absolute atomic E-state index is 10.4. The molecular formula is C8H11F3O. The Bertz CT molecular complexity index is 164. The topological polar surface area (TPSA) is 20.2 Å². The van der Waals surface area contributed by atoms with E-state index in [0.29, 0.717) is 0 Å². The molecule has 0 aliphatic heterocycles. The van der Waals surface area contributed by atoms with Gasteiger partial charge >= 0.3 is 6.18 Å². The molecule has 0 aromatic carbocycles. The molecule has 1 N–H and O–H groups in total. The first-order valence-corrected chi connectivity index (χ1v) is 3.47. The number of aliphatic hydroxyl groups excluding tert-OH is 1. The summed E-state index contributed by atoms with van der Waals surface area (Å²) in [7, 11) is 0. The summed E-state index contributed by atoms with van der Waals surface area (Å²) in [6, 6.07) is 0. The second kappa shape index (κ2) is 4.98. The van der Waals surface area contributed by atoms with Gasteiger partial charge in [0.1, 0.15) is 0 Å². The molecule has 1 rings (SSSR count). The van der Waals surface area contributed by atoms with E-state index in [1.165, 1.54) is 0 Å². The zero-order valence-corrected chi connectivity index (χ0v) is 6.67. The zero-order chi connectivity index (χ0) is 9.61. The Hall–Kier alpha value is -0.770. The van der Waals surface area contributed by atoms with E-state index in [2.05, 4.69) is 0 Å². The van der Waals surface area contributed by atoms with Crippen molar-refractivity contribution < 1.29 is 18.3 Å². The molecule has 1 nitrogen and oxygen atoms in total. The lowest BCUT2D eigenvalue weighted by molar-refractivity contribution is -0.110. The molecule has 0 spiro atoms. The molecule has 0 bridgehead atoms. The Balaban J connectivity index is 0.000000217. The molecule has 0 heterocycles. The first kappa shape index (κ1) is 11.2. The van der Waals surface area contributed by atoms with Gasteiger partial charge in [-0.15, -0.1) is 0 Å². The second-order valence-electron chi connectivity index (χ2n) is 2.40. The molecule has 0 aromatic heterocycles. The van der Waals surface area contributed by atoms with Gasteiger partial charge in [-0.2, -0.15) is 13.2 Å². The largest absolute Gasteiger partial charge is 0.389 e. The lowest BCUT2D eigenvalue weighted by atomic mass is 10.1. The van der Waals surface area contributed by atoms with E-state index < -0.39 is 6.18 Å². The van der Waals surface area contributed by atoms with Gasteiger partial charge < -0.3 is 5.11 Å². The minimum atomic E-state index is -4.00. The van der Waals surface area contributed by atoms with Crippen LogP contribution >= 0.6 is 0 Å². The van der Waals surface area contributed by atoms with E-state index in [1.807, 2.05) is 18.2 Å². The summed E-state index contributed by atoms with van der Waals surface area (Å²) in [5.41, 5.74) is 0. The van der Waals surface area contributed by atoms with Crippen molar-refractivity contribution in [2.75, 3.05) is 0 Å². The lowest BCUT2D eigenvalue weighted by Crippen LogP contribution is -2.00. The average molecular weight is 180 g/mol. The van der Waals surface area contributed by atoms with Crippen molar-refractivity contribution in [1.29, 1.82) is 0 Å². The molecule has 12 heavy (non-hydrogen) atoms. The van der Waals surface area contributed by atoms with Gasteiger partial charge in [0.2, 0.25) is 0 Å². The van der Waals surface area contributed by atoms with E-state index >= 15 is 0 Å². The van der Waals surface area contributed by atoms with Crippen LogP contribution in [0.2, 0.25) is 0 Å². The Morgan fingerprint density at radius 2 is 1.83 bits per heavy atom. The number of rotatable bonds is 0. The van der Waals surface area contributed by atoms with Crippen LogP contribution in [0.5, 0.6) is 0 Å². The van der Waals surface area contributed by atoms with E-state index in [0.717, 1.165) is 6.42 Å². The monoisotopic (exact) mass is 180 g/mol. The molecule has 0 amide bonds. The van der Waals surface area contributed by atoms with Gasteiger partial charge in [0, 0.05) is 6.92 Å². The van der Waals surface area contributed by atoms with Gasteiger partial charge in [0.05, 0.1) is 6.10 Å². The summed E-state index contributed by atoms with van der Waals surface area (Å²) in [4.78, 5) is 0. The van der Waals surface area contributed by atoms with Crippen LogP contribution in [0.4, 0.5) is 13.2 Å². The lowest BCUT2D eigenvalue weighted by Gasteiger charge is -2.01. The third kappa shape index (κ3) is 12.0. The molecule has 4 heteroatoms. The predicted molar refractivity (Wildman–Crippen MR) is 40.6 cm³/mol. The highest BCUT2D eigenvalue weighted by Gasteiger charge is 2.15. The van der Waals surface area contributed by atoms with Gasteiger partial charge in [0.15, 0.2) is 0 Å². The number of hydrogen-bond acceptors (Lipinski definition) is 1. The van der Waals surface area contributed by atoms with Crippen molar-refractivity contribution in [2.24, 2.45) is 0 Å². The van der Waals surface area contributed by atoms with Gasteiger partial charge in [-0.05, 0) is 6.42 Å². The fraction of sp³-hybridized carbons (Fsp3) is 0.500. The van der Waals surface area contributed by atoms with Gasteiger partial charge in [-0.25, -0.2) is 0 Å². The van der Waals surface area contributed by atoms with Crippen LogP contribution in [0.3, 0.4) is 0 Å². The highest BCUT2D eigenvalue weighted by molar-refractivity contribution is 5.11. The van der Waals surface area contributed by atoms with E-state index in [1.54, 1.807) is 6.08 Å². The number of alkyl halides is 3. The fourth-order valence-corrected chi connectivity index (χ4v) is 0.568. The Labute approximate surface area is 69.2 Å². The molecule has 1 atom stereocenters. The third-order valence-corrected chi connectivity index (χ3v) is 0.958. The third-order valence-electron chi connectivity index (χ3n) is 0.958. The van der Waals surface area contributed by atoms with Crippen LogP contribution in [-0.2, 0) is 0 Å². The van der Waals surface area contributed by atoms with Crippen molar-refractivity contribution in [3.63, 3.8) is 0 Å². The summed E-state index contributed by atoms with van der Waals surface area (Å²) in [6.07, 6.45) is 4.06. The van der Waals surface area contributed by atoms with Gasteiger partial charge in [0.25, 0.3) is 0 Å². The Kier molecular flexibility index (Phi) is 4.66. The van der Waals surface area contributed by atoms with Crippen LogP contribution < -0.4 is 0 Å². The maximum atomic E-state index is 10.4. The van der Waals surface area contributed by atoms with E-state index in [9.17, 15) is 13.2 Å². The second-order valence-corrected chi connectivity index (χ2v) is 2.40. The fourth-order valence-electron chi connectivity index (χ4n) is 0.568. The minimum Gasteiger partial charge on any atom is -0.389 e. The van der Waals surface area contributed by atoms with Crippen molar-refractivity contribution in [1.82, 2.24) is 0 Å². The zero-order valence-electron chi connectivity index (χ0n) is 6.67. The molecule has 1 aliphatic carbocycles.